The quantitative estimate of drug-likeness (QED) is 0.366. The summed E-state index contributed by atoms with van der Waals surface area (Å²) in [5.41, 5.74) is 0.513. The van der Waals surface area contributed by atoms with Gasteiger partial charge in [-0.25, -0.2) is 9.97 Å². The van der Waals surface area contributed by atoms with E-state index >= 15 is 0 Å². The maximum absolute atomic E-state index is 12.0. The summed E-state index contributed by atoms with van der Waals surface area (Å²) in [6, 6.07) is 7.63. The van der Waals surface area contributed by atoms with Gasteiger partial charge in [-0.3, -0.25) is 14.9 Å². The van der Waals surface area contributed by atoms with E-state index < -0.39 is 4.92 Å². The molecule has 0 saturated carbocycles. The molecule has 0 spiro atoms. The topological polar surface area (TPSA) is 101 Å². The van der Waals surface area contributed by atoms with Crippen molar-refractivity contribution in [2.24, 2.45) is 0 Å². The lowest BCUT2D eigenvalue weighted by atomic mass is 10.3. The number of aromatic nitrogens is 2. The number of hydrogen-bond donors (Lipinski definition) is 1. The molecule has 1 saturated heterocycles. The second kappa shape index (κ2) is 7.93. The number of carbonyl (C=O) groups excluding carboxylic acids is 1. The van der Waals surface area contributed by atoms with Gasteiger partial charge in [-0.05, 0) is 25.0 Å². The zero-order chi connectivity index (χ0) is 17.6. The molecular weight excluding hydrogens is 342 g/mol. The summed E-state index contributed by atoms with van der Waals surface area (Å²) in [5.74, 6) is 0.902. The summed E-state index contributed by atoms with van der Waals surface area (Å²) in [5, 5.41) is 14.1. The standard InChI is InChI=1S/C16H17N5O3S/c22-15(19-12-3-5-13(6-4-12)21(23)24)10-25-16-9-14(17-11-18-16)20-7-1-2-8-20/h3-6,9,11H,1-2,7-8,10H2,(H,19,22). The van der Waals surface area contributed by atoms with Crippen molar-refractivity contribution >= 4 is 34.9 Å². The molecule has 1 aliphatic rings. The van der Waals surface area contributed by atoms with E-state index in [0.717, 1.165) is 23.9 Å². The number of amides is 1. The van der Waals surface area contributed by atoms with Crippen molar-refractivity contribution < 1.29 is 9.72 Å². The summed E-state index contributed by atoms with van der Waals surface area (Å²) in [4.78, 5) is 32.9. The minimum Gasteiger partial charge on any atom is -0.356 e. The van der Waals surface area contributed by atoms with Crippen LogP contribution in [-0.2, 0) is 4.79 Å². The van der Waals surface area contributed by atoms with Crippen molar-refractivity contribution in [3.05, 3.63) is 46.8 Å². The molecule has 1 amide bonds. The number of carbonyl (C=O) groups is 1. The molecule has 0 bridgehead atoms. The number of anilines is 2. The van der Waals surface area contributed by atoms with E-state index in [2.05, 4.69) is 20.2 Å². The Labute approximate surface area is 148 Å². The minimum absolute atomic E-state index is 0.0113. The number of non-ortho nitro benzene ring substituents is 1. The van der Waals surface area contributed by atoms with Crippen molar-refractivity contribution in [1.82, 2.24) is 9.97 Å². The fraction of sp³-hybridized carbons (Fsp3) is 0.312. The van der Waals surface area contributed by atoms with E-state index in [1.54, 1.807) is 0 Å². The molecule has 0 atom stereocenters. The molecule has 0 aliphatic carbocycles. The normalized spacial score (nSPS) is 13.7. The summed E-state index contributed by atoms with van der Waals surface area (Å²) in [7, 11) is 0. The van der Waals surface area contributed by atoms with Crippen LogP contribution in [0.25, 0.3) is 0 Å². The van der Waals surface area contributed by atoms with Gasteiger partial charge in [-0.1, -0.05) is 11.8 Å². The molecule has 1 N–H and O–H groups in total. The third kappa shape index (κ3) is 4.66. The summed E-state index contributed by atoms with van der Waals surface area (Å²) in [6.07, 6.45) is 3.86. The van der Waals surface area contributed by atoms with Gasteiger partial charge in [0.05, 0.1) is 10.7 Å². The van der Waals surface area contributed by atoms with E-state index in [1.165, 1.54) is 55.2 Å². The average Bonchev–Trinajstić information content (AvgIpc) is 3.15. The molecule has 25 heavy (non-hydrogen) atoms. The smallest absolute Gasteiger partial charge is 0.269 e. The molecule has 2 aromatic rings. The highest BCUT2D eigenvalue weighted by atomic mass is 32.2. The second-order valence-electron chi connectivity index (χ2n) is 5.55. The van der Waals surface area contributed by atoms with E-state index in [0.29, 0.717) is 5.69 Å². The first-order chi connectivity index (χ1) is 12.1. The SMILES string of the molecule is O=C(CSc1cc(N2CCCC2)ncn1)Nc1ccc([N+](=O)[O-])cc1. The molecule has 2 heterocycles. The van der Waals surface area contributed by atoms with E-state index in [-0.39, 0.29) is 17.3 Å². The largest absolute Gasteiger partial charge is 0.356 e. The number of thioether (sulfide) groups is 1. The number of rotatable bonds is 6. The highest BCUT2D eigenvalue weighted by Crippen LogP contribution is 2.23. The van der Waals surface area contributed by atoms with Crippen molar-refractivity contribution in [1.29, 1.82) is 0 Å². The predicted molar refractivity (Wildman–Crippen MR) is 95.9 cm³/mol. The fourth-order valence-corrected chi connectivity index (χ4v) is 3.19. The monoisotopic (exact) mass is 359 g/mol. The molecule has 1 aromatic carbocycles. The fourth-order valence-electron chi connectivity index (χ4n) is 2.53. The Kier molecular flexibility index (Phi) is 5.44. The van der Waals surface area contributed by atoms with Gasteiger partial charge in [-0.2, -0.15) is 0 Å². The Morgan fingerprint density at radius 3 is 2.64 bits per heavy atom. The van der Waals surface area contributed by atoms with E-state index in [1.807, 2.05) is 6.07 Å². The highest BCUT2D eigenvalue weighted by molar-refractivity contribution is 7.99. The molecule has 130 valence electrons. The van der Waals surface area contributed by atoms with Gasteiger partial charge < -0.3 is 10.2 Å². The van der Waals surface area contributed by atoms with Crippen LogP contribution < -0.4 is 10.2 Å². The number of nitrogens with one attached hydrogen (secondary N) is 1. The zero-order valence-electron chi connectivity index (χ0n) is 13.4. The van der Waals surface area contributed by atoms with E-state index in [9.17, 15) is 14.9 Å². The molecule has 9 heteroatoms. The number of nitrogens with zero attached hydrogens (tertiary/aromatic N) is 4. The molecule has 0 unspecified atom stereocenters. The van der Waals surface area contributed by atoms with E-state index in [4.69, 9.17) is 0 Å². The van der Waals surface area contributed by atoms with Gasteiger partial charge in [-0.15, -0.1) is 0 Å². The van der Waals surface area contributed by atoms with Crippen LogP contribution in [0.4, 0.5) is 17.2 Å². The maximum Gasteiger partial charge on any atom is 0.269 e. The van der Waals surface area contributed by atoms with Gasteiger partial charge in [0.25, 0.3) is 5.69 Å². The molecule has 8 nitrogen and oxygen atoms in total. The van der Waals surface area contributed by atoms with Crippen LogP contribution in [0, 0.1) is 10.1 Å². The van der Waals surface area contributed by atoms with Crippen molar-refractivity contribution in [2.75, 3.05) is 29.1 Å². The lowest BCUT2D eigenvalue weighted by Gasteiger charge is -2.16. The molecule has 1 aromatic heterocycles. The number of hydrogen-bond acceptors (Lipinski definition) is 7. The van der Waals surface area contributed by atoms with Crippen molar-refractivity contribution in [2.45, 2.75) is 17.9 Å². The summed E-state index contributed by atoms with van der Waals surface area (Å²) in [6.45, 7) is 2.00. The number of nitro groups is 1. The number of benzene rings is 1. The lowest BCUT2D eigenvalue weighted by Crippen LogP contribution is -2.19. The number of nitro benzene ring substituents is 1. The second-order valence-corrected chi connectivity index (χ2v) is 6.55. The Balaban J connectivity index is 1.53. The average molecular weight is 359 g/mol. The Morgan fingerprint density at radius 1 is 1.24 bits per heavy atom. The molecule has 3 rings (SSSR count). The van der Waals surface area contributed by atoms with Crippen LogP contribution in [0.2, 0.25) is 0 Å². The summed E-state index contributed by atoms with van der Waals surface area (Å²) < 4.78 is 0. The van der Waals surface area contributed by atoms with Crippen molar-refractivity contribution in [3.63, 3.8) is 0 Å². The van der Waals surface area contributed by atoms with Gasteiger partial charge in [0.1, 0.15) is 17.2 Å². The third-order valence-electron chi connectivity index (χ3n) is 3.77. The minimum atomic E-state index is -0.478. The first kappa shape index (κ1) is 17.2. The Bertz CT molecular complexity index is 763. The van der Waals surface area contributed by atoms with Crippen LogP contribution in [0.5, 0.6) is 0 Å². The highest BCUT2D eigenvalue weighted by Gasteiger charge is 2.14. The van der Waals surface area contributed by atoms with Gasteiger partial charge >= 0.3 is 0 Å². The Hall–Kier alpha value is -2.68. The summed E-state index contributed by atoms with van der Waals surface area (Å²) >= 11 is 1.33. The molecule has 0 radical (unpaired) electrons. The molecular formula is C16H17N5O3S. The van der Waals surface area contributed by atoms with Crippen LogP contribution in [-0.4, -0.2) is 39.6 Å². The first-order valence-electron chi connectivity index (χ1n) is 7.86. The van der Waals surface area contributed by atoms with Crippen LogP contribution in [0.3, 0.4) is 0 Å². The first-order valence-corrected chi connectivity index (χ1v) is 8.84. The molecule has 1 fully saturated rings. The molecule has 1 aliphatic heterocycles. The van der Waals surface area contributed by atoms with Crippen molar-refractivity contribution in [3.8, 4) is 0 Å². The van der Waals surface area contributed by atoms with Gasteiger partial charge in [0.15, 0.2) is 0 Å². The van der Waals surface area contributed by atoms with Gasteiger partial charge in [0, 0.05) is 37.0 Å². The predicted octanol–water partition coefficient (Wildman–Crippen LogP) is 2.72. The van der Waals surface area contributed by atoms with Gasteiger partial charge in [0.2, 0.25) is 5.91 Å². The lowest BCUT2D eigenvalue weighted by molar-refractivity contribution is -0.384. The maximum atomic E-state index is 12.0. The van der Waals surface area contributed by atoms with Crippen LogP contribution in [0.15, 0.2) is 41.7 Å². The zero-order valence-corrected chi connectivity index (χ0v) is 14.2. The Morgan fingerprint density at radius 2 is 1.96 bits per heavy atom. The third-order valence-corrected chi connectivity index (χ3v) is 4.70. The van der Waals surface area contributed by atoms with Crippen LogP contribution >= 0.6 is 11.8 Å². The van der Waals surface area contributed by atoms with Crippen LogP contribution in [0.1, 0.15) is 12.8 Å².